The van der Waals surface area contributed by atoms with Gasteiger partial charge in [-0.2, -0.15) is 0 Å². The molecule has 4 nitrogen and oxygen atoms in total. The maximum atomic E-state index is 4.40. The summed E-state index contributed by atoms with van der Waals surface area (Å²) in [6.45, 7) is 9.63. The molecule has 0 radical (unpaired) electrons. The van der Waals surface area contributed by atoms with Gasteiger partial charge in [-0.15, -0.1) is 0 Å². The molecule has 0 unspecified atom stereocenters. The van der Waals surface area contributed by atoms with E-state index in [9.17, 15) is 0 Å². The van der Waals surface area contributed by atoms with Gasteiger partial charge in [-0.3, -0.25) is 4.99 Å². The van der Waals surface area contributed by atoms with Gasteiger partial charge in [-0.25, -0.2) is 0 Å². The molecule has 1 N–H and O–H groups in total. The zero-order chi connectivity index (χ0) is 17.2. The molecular formula is C19H34N4. The minimum absolute atomic E-state index is 0.621. The summed E-state index contributed by atoms with van der Waals surface area (Å²) in [5.74, 6) is 0.963. The van der Waals surface area contributed by atoms with E-state index in [0.717, 1.165) is 32.0 Å². The molecule has 0 saturated heterocycles. The third-order valence-corrected chi connectivity index (χ3v) is 4.34. The number of unbranched alkanes of at least 4 members (excludes halogenated alkanes) is 1. The van der Waals surface area contributed by atoms with Crippen LogP contribution in [0.15, 0.2) is 29.3 Å². The van der Waals surface area contributed by atoms with E-state index in [1.807, 2.05) is 7.05 Å². The highest BCUT2D eigenvalue weighted by molar-refractivity contribution is 5.79. The Morgan fingerprint density at radius 2 is 1.87 bits per heavy atom. The fourth-order valence-corrected chi connectivity index (χ4v) is 2.45. The van der Waals surface area contributed by atoms with E-state index in [-0.39, 0.29) is 0 Å². The normalized spacial score (nSPS) is 12.1. The van der Waals surface area contributed by atoms with E-state index >= 15 is 0 Å². The van der Waals surface area contributed by atoms with E-state index in [4.69, 9.17) is 0 Å². The smallest absolute Gasteiger partial charge is 0.193 e. The second-order valence-electron chi connectivity index (χ2n) is 6.54. The molecule has 0 saturated carbocycles. The molecule has 0 amide bonds. The Morgan fingerprint density at radius 3 is 2.48 bits per heavy atom. The van der Waals surface area contributed by atoms with Crippen LogP contribution in [0.2, 0.25) is 0 Å². The highest BCUT2D eigenvalue weighted by Gasteiger charge is 2.08. The highest BCUT2D eigenvalue weighted by atomic mass is 15.3. The molecule has 0 aromatic heterocycles. The number of aliphatic imine (C=N–C) groups is 1. The van der Waals surface area contributed by atoms with Crippen LogP contribution in [0.4, 0.5) is 0 Å². The summed E-state index contributed by atoms with van der Waals surface area (Å²) in [5, 5.41) is 3.47. The Bertz CT molecular complexity index is 482. The van der Waals surface area contributed by atoms with Gasteiger partial charge in [0.05, 0.1) is 0 Å². The molecular weight excluding hydrogens is 284 g/mol. The summed E-state index contributed by atoms with van der Waals surface area (Å²) in [6.07, 6.45) is 2.37. The van der Waals surface area contributed by atoms with Crippen molar-refractivity contribution in [3.05, 3.63) is 35.4 Å². The first-order chi connectivity index (χ1) is 11.0. The maximum Gasteiger partial charge on any atom is 0.193 e. The van der Waals surface area contributed by atoms with Crippen LogP contribution in [-0.4, -0.2) is 56.0 Å². The zero-order valence-corrected chi connectivity index (χ0v) is 15.8. The van der Waals surface area contributed by atoms with Crippen LogP contribution in [0, 0.1) is 6.92 Å². The molecule has 23 heavy (non-hydrogen) atoms. The van der Waals surface area contributed by atoms with Gasteiger partial charge >= 0.3 is 0 Å². The second kappa shape index (κ2) is 10.3. The summed E-state index contributed by atoms with van der Waals surface area (Å²) >= 11 is 0. The second-order valence-corrected chi connectivity index (χ2v) is 6.54. The average molecular weight is 319 g/mol. The van der Waals surface area contributed by atoms with Crippen LogP contribution in [0.3, 0.4) is 0 Å². The lowest BCUT2D eigenvalue weighted by molar-refractivity contribution is 0.268. The lowest BCUT2D eigenvalue weighted by atomic mass is 10.1. The number of aryl methyl sites for hydroxylation is 1. The first-order valence-corrected chi connectivity index (χ1v) is 8.62. The van der Waals surface area contributed by atoms with Crippen LogP contribution in [0.1, 0.15) is 37.8 Å². The number of guanidine groups is 1. The van der Waals surface area contributed by atoms with E-state index in [2.05, 4.69) is 79.2 Å². The molecule has 4 heteroatoms. The lowest BCUT2D eigenvalue weighted by Gasteiger charge is -2.23. The highest BCUT2D eigenvalue weighted by Crippen LogP contribution is 2.09. The molecule has 0 bridgehead atoms. The van der Waals surface area contributed by atoms with Gasteiger partial charge in [-0.05, 0) is 58.3 Å². The standard InChI is InChI=1S/C19H34N4/c1-16(2)22(5)14-10-9-13-21-19(20-4)23(6)15-18-12-8-7-11-17(18)3/h7-8,11-12,16H,9-10,13-15H2,1-6H3,(H,20,21). The van der Waals surface area contributed by atoms with Gasteiger partial charge in [0, 0.05) is 33.2 Å². The Labute approximate surface area is 142 Å². The van der Waals surface area contributed by atoms with Crippen molar-refractivity contribution >= 4 is 5.96 Å². The number of rotatable bonds is 8. The Morgan fingerprint density at radius 1 is 1.17 bits per heavy atom. The molecule has 0 heterocycles. The number of benzene rings is 1. The number of nitrogens with one attached hydrogen (secondary N) is 1. The fraction of sp³-hybridized carbons (Fsp3) is 0.632. The lowest BCUT2D eigenvalue weighted by Crippen LogP contribution is -2.39. The third kappa shape index (κ3) is 7.04. The van der Waals surface area contributed by atoms with Gasteiger partial charge in [0.1, 0.15) is 0 Å². The average Bonchev–Trinajstić information content (AvgIpc) is 2.52. The first kappa shape index (κ1) is 19.5. The molecule has 0 atom stereocenters. The molecule has 1 rings (SSSR count). The zero-order valence-electron chi connectivity index (χ0n) is 15.8. The number of hydrogen-bond donors (Lipinski definition) is 1. The van der Waals surface area contributed by atoms with Crippen LogP contribution in [0.5, 0.6) is 0 Å². The molecule has 130 valence electrons. The molecule has 1 aromatic carbocycles. The van der Waals surface area contributed by atoms with Crippen molar-refractivity contribution in [1.82, 2.24) is 15.1 Å². The Balaban J connectivity index is 2.35. The number of hydrogen-bond acceptors (Lipinski definition) is 2. The van der Waals surface area contributed by atoms with Crippen molar-refractivity contribution in [3.63, 3.8) is 0 Å². The molecule has 0 spiro atoms. The van der Waals surface area contributed by atoms with E-state index in [1.165, 1.54) is 17.5 Å². The Hall–Kier alpha value is -1.55. The predicted octanol–water partition coefficient (Wildman–Crippen LogP) is 3.12. The number of nitrogens with zero attached hydrogens (tertiary/aromatic N) is 3. The van der Waals surface area contributed by atoms with Gasteiger partial charge in [0.2, 0.25) is 0 Å². The summed E-state index contributed by atoms with van der Waals surface area (Å²) in [5.41, 5.74) is 2.67. The van der Waals surface area contributed by atoms with E-state index in [1.54, 1.807) is 0 Å². The van der Waals surface area contributed by atoms with Crippen LogP contribution >= 0.6 is 0 Å². The minimum Gasteiger partial charge on any atom is -0.356 e. The summed E-state index contributed by atoms with van der Waals surface area (Å²) in [7, 11) is 6.13. The van der Waals surface area contributed by atoms with Crippen LogP contribution < -0.4 is 5.32 Å². The molecule has 0 aliphatic rings. The third-order valence-electron chi connectivity index (χ3n) is 4.34. The molecule has 0 aliphatic heterocycles. The predicted molar refractivity (Wildman–Crippen MR) is 101 cm³/mol. The van der Waals surface area contributed by atoms with Crippen molar-refractivity contribution < 1.29 is 0 Å². The van der Waals surface area contributed by atoms with Gasteiger partial charge in [-0.1, -0.05) is 24.3 Å². The van der Waals surface area contributed by atoms with Crippen LogP contribution in [-0.2, 0) is 6.54 Å². The largest absolute Gasteiger partial charge is 0.356 e. The van der Waals surface area contributed by atoms with E-state index < -0.39 is 0 Å². The van der Waals surface area contributed by atoms with Crippen molar-refractivity contribution in [3.8, 4) is 0 Å². The maximum absolute atomic E-state index is 4.40. The monoisotopic (exact) mass is 318 g/mol. The van der Waals surface area contributed by atoms with Gasteiger partial charge in [0.15, 0.2) is 5.96 Å². The first-order valence-electron chi connectivity index (χ1n) is 8.62. The minimum atomic E-state index is 0.621. The molecule has 0 fully saturated rings. The van der Waals surface area contributed by atoms with Crippen molar-refractivity contribution in [2.75, 3.05) is 34.2 Å². The molecule has 0 aliphatic carbocycles. The fourth-order valence-electron chi connectivity index (χ4n) is 2.45. The van der Waals surface area contributed by atoms with Crippen molar-refractivity contribution in [2.24, 2.45) is 4.99 Å². The van der Waals surface area contributed by atoms with Crippen molar-refractivity contribution in [2.45, 2.75) is 46.2 Å². The van der Waals surface area contributed by atoms with Crippen LogP contribution in [0.25, 0.3) is 0 Å². The van der Waals surface area contributed by atoms with Gasteiger partial charge < -0.3 is 15.1 Å². The van der Waals surface area contributed by atoms with Crippen molar-refractivity contribution in [1.29, 1.82) is 0 Å². The SMILES string of the molecule is CN=C(NCCCCN(C)C(C)C)N(C)Cc1ccccc1C. The van der Waals surface area contributed by atoms with E-state index in [0.29, 0.717) is 6.04 Å². The Kier molecular flexibility index (Phi) is 8.70. The van der Waals surface area contributed by atoms with Gasteiger partial charge in [0.25, 0.3) is 0 Å². The summed E-state index contributed by atoms with van der Waals surface area (Å²) in [4.78, 5) is 8.97. The summed E-state index contributed by atoms with van der Waals surface area (Å²) < 4.78 is 0. The quantitative estimate of drug-likeness (QED) is 0.454. The topological polar surface area (TPSA) is 30.9 Å². The summed E-state index contributed by atoms with van der Waals surface area (Å²) in [6, 6.07) is 9.14. The molecule has 1 aromatic rings.